The quantitative estimate of drug-likeness (QED) is 0.219. The molecule has 7 nitrogen and oxygen atoms in total. The molecule has 0 saturated heterocycles. The molecule has 2 atom stereocenters. The summed E-state index contributed by atoms with van der Waals surface area (Å²) < 4.78 is 61.9. The third-order valence-electron chi connectivity index (χ3n) is 4.13. The molecule has 2 unspecified atom stereocenters. The van der Waals surface area contributed by atoms with Gasteiger partial charge in [-0.3, -0.25) is 0 Å². The van der Waals surface area contributed by atoms with Gasteiger partial charge in [-0.15, -0.1) is 0 Å². The number of halogens is 4. The highest BCUT2D eigenvalue weighted by Gasteiger charge is 2.40. The second-order valence-corrected chi connectivity index (χ2v) is 6.24. The second kappa shape index (κ2) is 7.93. The lowest BCUT2D eigenvalue weighted by molar-refractivity contribution is 0.0953. The van der Waals surface area contributed by atoms with Gasteiger partial charge in [-0.25, -0.2) is 17.6 Å². The smallest absolute Gasteiger partial charge is 0.172 e. The van der Waals surface area contributed by atoms with E-state index in [4.69, 9.17) is 20.8 Å². The molecule has 11 heteroatoms. The Morgan fingerprint density at radius 3 is 2.28 bits per heavy atom. The number of nitrogens with zero attached hydrogens (tertiary/aromatic N) is 6. The van der Waals surface area contributed by atoms with Gasteiger partial charge in [0.25, 0.3) is 0 Å². The molecule has 2 rings (SSSR count). The molecule has 0 spiro atoms. The van der Waals surface area contributed by atoms with Crippen LogP contribution in [0.2, 0.25) is 0 Å². The van der Waals surface area contributed by atoms with Gasteiger partial charge < -0.3 is 4.74 Å². The fraction of sp³-hybridized carbons (Fsp3) is 0.278. The summed E-state index contributed by atoms with van der Waals surface area (Å²) in [6.07, 6.45) is -3.68. The third kappa shape index (κ3) is 3.58. The summed E-state index contributed by atoms with van der Waals surface area (Å²) in [5.41, 5.74) is 3.96. The van der Waals surface area contributed by atoms with Gasteiger partial charge in [-0.2, -0.15) is 15.8 Å². The lowest BCUT2D eigenvalue weighted by atomic mass is 9.91. The molecule has 0 aromatic heterocycles. The molecule has 2 aliphatic rings. The Balaban J connectivity index is 2.66. The summed E-state index contributed by atoms with van der Waals surface area (Å²) in [6.45, 7) is 2.92. The summed E-state index contributed by atoms with van der Waals surface area (Å²) >= 11 is 0. The average Bonchev–Trinajstić information content (AvgIpc) is 2.94. The van der Waals surface area contributed by atoms with Crippen LogP contribution in [0.1, 0.15) is 13.8 Å². The maximum atomic E-state index is 14.3. The van der Waals surface area contributed by atoms with Crippen LogP contribution in [0.15, 0.2) is 62.7 Å². The van der Waals surface area contributed by atoms with Gasteiger partial charge >= 0.3 is 0 Å². The number of azide groups is 1. The maximum Gasteiger partial charge on any atom is 0.172 e. The lowest BCUT2D eigenvalue weighted by Crippen LogP contribution is -2.26. The monoisotopic (exact) mass is 402 g/mol. The normalized spacial score (nSPS) is 23.3. The van der Waals surface area contributed by atoms with Gasteiger partial charge in [0.15, 0.2) is 35.3 Å². The van der Waals surface area contributed by atoms with E-state index in [1.807, 2.05) is 0 Å². The van der Waals surface area contributed by atoms with E-state index >= 15 is 0 Å². The Kier molecular flexibility index (Phi) is 5.83. The van der Waals surface area contributed by atoms with Crippen LogP contribution in [-0.4, -0.2) is 17.9 Å². The standard InChI is InChI=1S/C18H10F4N6O/c1-18(2)11(10(7-25)17(29-18)8(5-23)6-24)4-3-9-12(19)14(21)16(27-28-26)15(22)13(9)20/h3-4,12,14H,1-2H3/b4-3+. The minimum atomic E-state index is -2.73. The first kappa shape index (κ1) is 21.3. The van der Waals surface area contributed by atoms with Gasteiger partial charge in [-0.05, 0) is 19.4 Å². The molecule has 146 valence electrons. The fourth-order valence-corrected chi connectivity index (χ4v) is 2.75. The largest absolute Gasteiger partial charge is 0.480 e. The van der Waals surface area contributed by atoms with Crippen molar-refractivity contribution in [3.63, 3.8) is 0 Å². The first-order valence-electron chi connectivity index (χ1n) is 7.84. The highest BCUT2D eigenvalue weighted by atomic mass is 19.2. The van der Waals surface area contributed by atoms with E-state index in [1.54, 1.807) is 18.2 Å². The van der Waals surface area contributed by atoms with Crippen LogP contribution in [0, 0.1) is 34.0 Å². The number of rotatable bonds is 3. The molecule has 0 bridgehead atoms. The van der Waals surface area contributed by atoms with E-state index in [2.05, 4.69) is 10.0 Å². The van der Waals surface area contributed by atoms with E-state index in [0.717, 1.165) is 12.2 Å². The Labute approximate surface area is 162 Å². The van der Waals surface area contributed by atoms with E-state index in [1.165, 1.54) is 13.8 Å². The molecular weight excluding hydrogens is 392 g/mol. The number of ether oxygens (including phenoxy) is 1. The van der Waals surface area contributed by atoms with Gasteiger partial charge in [0, 0.05) is 16.1 Å². The van der Waals surface area contributed by atoms with Gasteiger partial charge in [0.2, 0.25) is 0 Å². The Morgan fingerprint density at radius 2 is 1.76 bits per heavy atom. The summed E-state index contributed by atoms with van der Waals surface area (Å²) in [5, 5.41) is 30.0. The molecule has 1 heterocycles. The van der Waals surface area contributed by atoms with Crippen LogP contribution in [0.5, 0.6) is 0 Å². The van der Waals surface area contributed by atoms with Crippen molar-refractivity contribution >= 4 is 0 Å². The van der Waals surface area contributed by atoms with Crippen molar-refractivity contribution < 1.29 is 22.3 Å². The van der Waals surface area contributed by atoms with Crippen LogP contribution >= 0.6 is 0 Å². The summed E-state index contributed by atoms with van der Waals surface area (Å²) in [6, 6.07) is 4.90. The molecular formula is C18H10F4N6O. The summed E-state index contributed by atoms with van der Waals surface area (Å²) in [4.78, 5) is 2.14. The van der Waals surface area contributed by atoms with Gasteiger partial charge in [0.1, 0.15) is 29.4 Å². The van der Waals surface area contributed by atoms with Crippen LogP contribution in [-0.2, 0) is 4.74 Å². The van der Waals surface area contributed by atoms with Gasteiger partial charge in [0.05, 0.1) is 5.70 Å². The Hall–Kier alpha value is -4.00. The SMILES string of the molecule is CC1(C)OC(=C(C#N)C#N)C(C#N)=C1/C=C/C1=C(F)C(F)=C(N=[N+]=[N-])C(F)C1F. The van der Waals surface area contributed by atoms with Crippen LogP contribution in [0.4, 0.5) is 17.6 Å². The number of hydrogen-bond donors (Lipinski definition) is 0. The molecule has 29 heavy (non-hydrogen) atoms. The molecule has 1 aliphatic heterocycles. The van der Waals surface area contributed by atoms with Crippen molar-refractivity contribution in [1.82, 2.24) is 0 Å². The number of nitriles is 3. The minimum absolute atomic E-state index is 0.0335. The van der Waals surface area contributed by atoms with Crippen molar-refractivity contribution in [3.05, 3.63) is 68.0 Å². The van der Waals surface area contributed by atoms with Crippen LogP contribution < -0.4 is 0 Å². The van der Waals surface area contributed by atoms with Gasteiger partial charge in [-0.1, -0.05) is 17.3 Å². The Bertz CT molecular complexity index is 1080. The van der Waals surface area contributed by atoms with Crippen LogP contribution in [0.25, 0.3) is 10.4 Å². The van der Waals surface area contributed by atoms with Crippen LogP contribution in [0.3, 0.4) is 0 Å². The Morgan fingerprint density at radius 1 is 1.14 bits per heavy atom. The minimum Gasteiger partial charge on any atom is -0.480 e. The van der Waals surface area contributed by atoms with Crippen molar-refractivity contribution in [1.29, 1.82) is 15.8 Å². The topological polar surface area (TPSA) is 129 Å². The molecule has 0 aromatic rings. The number of alkyl halides is 2. The summed E-state index contributed by atoms with van der Waals surface area (Å²) in [7, 11) is 0. The molecule has 0 saturated carbocycles. The third-order valence-corrected chi connectivity index (χ3v) is 4.13. The molecule has 0 amide bonds. The summed E-state index contributed by atoms with van der Waals surface area (Å²) in [5.74, 6) is -3.90. The van der Waals surface area contributed by atoms with E-state index in [-0.39, 0.29) is 16.9 Å². The zero-order valence-electron chi connectivity index (χ0n) is 14.9. The predicted molar refractivity (Wildman–Crippen MR) is 90.4 cm³/mol. The number of hydrogen-bond acceptors (Lipinski definition) is 5. The average molecular weight is 402 g/mol. The highest BCUT2D eigenvalue weighted by Crippen LogP contribution is 2.42. The zero-order chi connectivity index (χ0) is 21.9. The first-order chi connectivity index (χ1) is 13.6. The highest BCUT2D eigenvalue weighted by molar-refractivity contribution is 5.60. The lowest BCUT2D eigenvalue weighted by Gasteiger charge is -2.22. The molecule has 0 radical (unpaired) electrons. The first-order valence-corrected chi connectivity index (χ1v) is 7.84. The predicted octanol–water partition coefficient (Wildman–Crippen LogP) is 4.88. The van der Waals surface area contributed by atoms with Crippen molar-refractivity contribution in [2.24, 2.45) is 5.11 Å². The van der Waals surface area contributed by atoms with Crippen molar-refractivity contribution in [3.8, 4) is 18.2 Å². The molecule has 1 aliphatic carbocycles. The van der Waals surface area contributed by atoms with E-state index in [0.29, 0.717) is 0 Å². The van der Waals surface area contributed by atoms with Crippen molar-refractivity contribution in [2.45, 2.75) is 31.8 Å². The molecule has 0 N–H and O–H groups in total. The molecule has 0 fully saturated rings. The van der Waals surface area contributed by atoms with Crippen molar-refractivity contribution in [2.75, 3.05) is 0 Å². The maximum absolute atomic E-state index is 14.3. The zero-order valence-corrected chi connectivity index (χ0v) is 14.9. The second-order valence-electron chi connectivity index (χ2n) is 6.24. The molecule has 0 aromatic carbocycles. The number of allylic oxidation sites excluding steroid dienone is 7. The fourth-order valence-electron chi connectivity index (χ4n) is 2.75. The van der Waals surface area contributed by atoms with E-state index in [9.17, 15) is 22.8 Å². The van der Waals surface area contributed by atoms with E-state index < -0.39 is 46.4 Å².